The van der Waals surface area contributed by atoms with E-state index in [9.17, 15) is 9.00 Å². The molecule has 2 heterocycles. The lowest BCUT2D eigenvalue weighted by atomic mass is 10.2. The summed E-state index contributed by atoms with van der Waals surface area (Å²) in [6.07, 6.45) is 0. The minimum Gasteiger partial charge on any atom is -0.455 e. The predicted octanol–water partition coefficient (Wildman–Crippen LogP) is 3.89. The van der Waals surface area contributed by atoms with Crippen LogP contribution in [0.1, 0.15) is 26.8 Å². The van der Waals surface area contributed by atoms with Crippen LogP contribution in [0.2, 0.25) is 0 Å². The highest BCUT2D eigenvalue weighted by atomic mass is 32.2. The molecule has 24 heavy (non-hydrogen) atoms. The van der Waals surface area contributed by atoms with Gasteiger partial charge in [-0.15, -0.1) is 11.3 Å². The van der Waals surface area contributed by atoms with Crippen molar-refractivity contribution in [2.75, 3.05) is 0 Å². The average Bonchev–Trinajstić information content (AvgIpc) is 3.25. The Morgan fingerprint density at radius 3 is 2.67 bits per heavy atom. The molecule has 3 aromatic rings. The molecule has 124 valence electrons. The van der Waals surface area contributed by atoms with Crippen molar-refractivity contribution in [2.24, 2.45) is 0 Å². The Morgan fingerprint density at radius 2 is 1.96 bits per heavy atom. The van der Waals surface area contributed by atoms with E-state index in [-0.39, 0.29) is 17.4 Å². The molecule has 0 bridgehead atoms. The first-order valence-corrected chi connectivity index (χ1v) is 9.66. The molecule has 0 aliphatic heterocycles. The van der Waals surface area contributed by atoms with Crippen molar-refractivity contribution < 1.29 is 13.4 Å². The standard InChI is InChI=1S/C18H17NO3S2/c1-13-4-7-16(8-5-13)24(21)12-14-6-9-17(22-14)18(20)19-11-15-3-2-10-23-15/h2-10H,11-12H2,1H3,(H,19,20)/t24-/m0/s1. The van der Waals surface area contributed by atoms with Crippen LogP contribution in [0.3, 0.4) is 0 Å². The quantitative estimate of drug-likeness (QED) is 0.726. The van der Waals surface area contributed by atoms with E-state index >= 15 is 0 Å². The van der Waals surface area contributed by atoms with Crippen LogP contribution in [0.5, 0.6) is 0 Å². The highest BCUT2D eigenvalue weighted by Crippen LogP contribution is 2.16. The number of carbonyl (C=O) groups is 1. The SMILES string of the molecule is Cc1ccc([S@@](=O)Cc2ccc(C(=O)NCc3cccs3)o2)cc1. The lowest BCUT2D eigenvalue weighted by Gasteiger charge is -2.02. The molecule has 4 nitrogen and oxygen atoms in total. The summed E-state index contributed by atoms with van der Waals surface area (Å²) in [6, 6.07) is 14.8. The van der Waals surface area contributed by atoms with Crippen molar-refractivity contribution in [3.05, 3.63) is 75.9 Å². The van der Waals surface area contributed by atoms with Gasteiger partial charge in [0.2, 0.25) is 0 Å². The fraction of sp³-hybridized carbons (Fsp3) is 0.167. The third-order valence-corrected chi connectivity index (χ3v) is 5.67. The number of benzene rings is 1. The lowest BCUT2D eigenvalue weighted by molar-refractivity contribution is 0.0922. The topological polar surface area (TPSA) is 59.3 Å². The second kappa shape index (κ2) is 7.59. The molecule has 6 heteroatoms. The summed E-state index contributed by atoms with van der Waals surface area (Å²) >= 11 is 1.59. The van der Waals surface area contributed by atoms with Gasteiger partial charge < -0.3 is 9.73 Å². The maximum absolute atomic E-state index is 12.3. The molecule has 1 amide bonds. The van der Waals surface area contributed by atoms with E-state index in [1.54, 1.807) is 23.5 Å². The first-order valence-electron chi connectivity index (χ1n) is 7.46. The zero-order valence-electron chi connectivity index (χ0n) is 13.2. The summed E-state index contributed by atoms with van der Waals surface area (Å²) in [4.78, 5) is 13.9. The van der Waals surface area contributed by atoms with Gasteiger partial charge >= 0.3 is 0 Å². The maximum atomic E-state index is 12.3. The minimum absolute atomic E-state index is 0.238. The van der Waals surface area contributed by atoms with Gasteiger partial charge in [0.25, 0.3) is 5.91 Å². The Labute approximate surface area is 147 Å². The summed E-state index contributed by atoms with van der Waals surface area (Å²) in [7, 11) is -1.19. The van der Waals surface area contributed by atoms with Crippen LogP contribution >= 0.6 is 11.3 Å². The summed E-state index contributed by atoms with van der Waals surface area (Å²) < 4.78 is 17.9. The Bertz CT molecular complexity index is 836. The summed E-state index contributed by atoms with van der Waals surface area (Å²) in [6.45, 7) is 2.46. The molecule has 0 aliphatic carbocycles. The molecule has 0 fully saturated rings. The van der Waals surface area contributed by atoms with Crippen LogP contribution < -0.4 is 5.32 Å². The van der Waals surface area contributed by atoms with Gasteiger partial charge in [0.1, 0.15) is 5.76 Å². The van der Waals surface area contributed by atoms with E-state index < -0.39 is 10.8 Å². The van der Waals surface area contributed by atoms with Gasteiger partial charge in [0.05, 0.1) is 23.1 Å². The summed E-state index contributed by atoms with van der Waals surface area (Å²) in [5, 5.41) is 4.77. The first-order chi connectivity index (χ1) is 11.6. The number of carbonyl (C=O) groups excluding carboxylic acids is 1. The maximum Gasteiger partial charge on any atom is 0.287 e. The number of aryl methyl sites for hydroxylation is 1. The van der Waals surface area contributed by atoms with Crippen LogP contribution in [0, 0.1) is 6.92 Å². The number of hydrogen-bond donors (Lipinski definition) is 1. The second-order valence-corrected chi connectivity index (χ2v) is 7.81. The van der Waals surface area contributed by atoms with Crippen molar-refractivity contribution in [1.82, 2.24) is 5.32 Å². The molecular formula is C18H17NO3S2. The number of thiophene rings is 1. The van der Waals surface area contributed by atoms with Crippen molar-refractivity contribution in [1.29, 1.82) is 0 Å². The minimum atomic E-state index is -1.19. The summed E-state index contributed by atoms with van der Waals surface area (Å²) in [5.41, 5.74) is 1.12. The van der Waals surface area contributed by atoms with Gasteiger partial charge in [0.15, 0.2) is 5.76 Å². The highest BCUT2D eigenvalue weighted by molar-refractivity contribution is 7.84. The number of amides is 1. The Hall–Kier alpha value is -2.18. The Balaban J connectivity index is 1.59. The van der Waals surface area contributed by atoms with Crippen LogP contribution in [0.4, 0.5) is 0 Å². The largest absolute Gasteiger partial charge is 0.455 e. The monoisotopic (exact) mass is 359 g/mol. The fourth-order valence-corrected chi connectivity index (χ4v) is 3.81. The predicted molar refractivity (Wildman–Crippen MR) is 95.5 cm³/mol. The molecule has 0 unspecified atom stereocenters. The van der Waals surface area contributed by atoms with Crippen LogP contribution in [0.25, 0.3) is 0 Å². The van der Waals surface area contributed by atoms with Crippen LogP contribution in [-0.4, -0.2) is 10.1 Å². The van der Waals surface area contributed by atoms with E-state index in [1.807, 2.05) is 48.7 Å². The molecule has 2 aromatic heterocycles. The summed E-state index contributed by atoms with van der Waals surface area (Å²) in [5.74, 6) is 0.759. The molecule has 0 radical (unpaired) electrons. The Kier molecular flexibility index (Phi) is 5.27. The van der Waals surface area contributed by atoms with Gasteiger partial charge in [-0.25, -0.2) is 0 Å². The molecular weight excluding hydrogens is 342 g/mol. The molecule has 0 spiro atoms. The molecule has 0 saturated heterocycles. The third-order valence-electron chi connectivity index (χ3n) is 3.45. The van der Waals surface area contributed by atoms with Gasteiger partial charge in [-0.1, -0.05) is 23.8 Å². The molecule has 1 N–H and O–H groups in total. The van der Waals surface area contributed by atoms with Crippen LogP contribution in [-0.2, 0) is 23.1 Å². The van der Waals surface area contributed by atoms with Crippen molar-refractivity contribution in [3.63, 3.8) is 0 Å². The van der Waals surface area contributed by atoms with E-state index in [4.69, 9.17) is 4.42 Å². The van der Waals surface area contributed by atoms with Crippen LogP contribution in [0.15, 0.2) is 63.2 Å². The van der Waals surface area contributed by atoms with Crippen molar-refractivity contribution in [3.8, 4) is 0 Å². The molecule has 0 aliphatic rings. The number of nitrogens with one attached hydrogen (secondary N) is 1. The van der Waals surface area contributed by atoms with Crippen molar-refractivity contribution in [2.45, 2.75) is 24.1 Å². The fourth-order valence-electron chi connectivity index (χ4n) is 2.15. The van der Waals surface area contributed by atoms with Gasteiger partial charge in [-0.3, -0.25) is 9.00 Å². The molecule has 1 aromatic carbocycles. The smallest absolute Gasteiger partial charge is 0.287 e. The van der Waals surface area contributed by atoms with Gasteiger partial charge in [0, 0.05) is 9.77 Å². The van der Waals surface area contributed by atoms with Gasteiger partial charge in [-0.2, -0.15) is 0 Å². The zero-order chi connectivity index (χ0) is 16.9. The van der Waals surface area contributed by atoms with E-state index in [1.165, 1.54) is 0 Å². The van der Waals surface area contributed by atoms with E-state index in [2.05, 4.69) is 5.32 Å². The normalized spacial score (nSPS) is 12.0. The van der Waals surface area contributed by atoms with Crippen molar-refractivity contribution >= 4 is 28.0 Å². The van der Waals surface area contributed by atoms with E-state index in [0.717, 1.165) is 15.3 Å². The first kappa shape index (κ1) is 16.7. The Morgan fingerprint density at radius 1 is 1.17 bits per heavy atom. The molecule has 0 saturated carbocycles. The second-order valence-electron chi connectivity index (χ2n) is 5.33. The highest BCUT2D eigenvalue weighted by Gasteiger charge is 2.13. The molecule has 1 atom stereocenters. The van der Waals surface area contributed by atoms with Gasteiger partial charge in [-0.05, 0) is 42.6 Å². The van der Waals surface area contributed by atoms with E-state index in [0.29, 0.717) is 12.3 Å². The number of rotatable bonds is 6. The molecule has 3 rings (SSSR count). The average molecular weight is 359 g/mol. The zero-order valence-corrected chi connectivity index (χ0v) is 14.8. The number of furan rings is 1. The lowest BCUT2D eigenvalue weighted by Crippen LogP contribution is -2.21. The third kappa shape index (κ3) is 4.21. The number of hydrogen-bond acceptors (Lipinski definition) is 4.